The van der Waals surface area contributed by atoms with Crippen LogP contribution in [-0.2, 0) is 4.79 Å². The van der Waals surface area contributed by atoms with Gasteiger partial charge in [0.2, 0.25) is 0 Å². The number of amides is 1. The Morgan fingerprint density at radius 2 is 1.88 bits per heavy atom. The zero-order valence-electron chi connectivity index (χ0n) is 13.7. The van der Waals surface area contributed by atoms with E-state index in [0.717, 1.165) is 16.9 Å². The minimum Gasteiger partial charge on any atom is -0.488 e. The summed E-state index contributed by atoms with van der Waals surface area (Å²) in [5.41, 5.74) is 2.55. The molecule has 1 heterocycles. The number of fused-ring (bicyclic) bond motifs is 1. The third kappa shape index (κ3) is 3.34. The molecule has 0 saturated heterocycles. The summed E-state index contributed by atoms with van der Waals surface area (Å²) in [6.45, 7) is 0.288. The molecule has 0 aliphatic carbocycles. The van der Waals surface area contributed by atoms with Gasteiger partial charge in [0, 0.05) is 19.2 Å². The monoisotopic (exact) mass is 323 g/mol. The molecule has 1 unspecified atom stereocenters. The van der Waals surface area contributed by atoms with E-state index in [2.05, 4.69) is 0 Å². The van der Waals surface area contributed by atoms with Gasteiger partial charge in [0.1, 0.15) is 12.4 Å². The molecule has 0 spiro atoms. The molecule has 4 nitrogen and oxygen atoms in total. The number of benzene rings is 2. The molecule has 1 aliphatic heterocycles. The van der Waals surface area contributed by atoms with Crippen molar-refractivity contribution >= 4 is 12.0 Å². The average molecular weight is 323 g/mol. The SMILES string of the molecule is CN(C(=O)C1=Cc2ccccc2OC1)C(CCO)c1ccccc1. The Labute approximate surface area is 142 Å². The van der Waals surface area contributed by atoms with E-state index in [4.69, 9.17) is 4.74 Å². The third-order valence-corrected chi connectivity index (χ3v) is 4.28. The van der Waals surface area contributed by atoms with Crippen molar-refractivity contribution in [1.29, 1.82) is 0 Å². The summed E-state index contributed by atoms with van der Waals surface area (Å²) in [5, 5.41) is 9.39. The van der Waals surface area contributed by atoms with E-state index in [1.807, 2.05) is 60.7 Å². The second-order valence-corrected chi connectivity index (χ2v) is 5.85. The third-order valence-electron chi connectivity index (χ3n) is 4.28. The fourth-order valence-electron chi connectivity index (χ4n) is 2.99. The fraction of sp³-hybridized carbons (Fsp3) is 0.250. The zero-order chi connectivity index (χ0) is 16.9. The van der Waals surface area contributed by atoms with E-state index in [1.165, 1.54) is 0 Å². The van der Waals surface area contributed by atoms with Crippen molar-refractivity contribution in [3.8, 4) is 5.75 Å². The van der Waals surface area contributed by atoms with E-state index >= 15 is 0 Å². The Kier molecular flexibility index (Phi) is 4.96. The van der Waals surface area contributed by atoms with Crippen LogP contribution in [0.2, 0.25) is 0 Å². The first-order valence-electron chi connectivity index (χ1n) is 8.06. The molecule has 2 aromatic carbocycles. The first kappa shape index (κ1) is 16.3. The van der Waals surface area contributed by atoms with Crippen molar-refractivity contribution in [3.63, 3.8) is 0 Å². The van der Waals surface area contributed by atoms with Gasteiger partial charge in [-0.15, -0.1) is 0 Å². The molecule has 0 aromatic heterocycles. The molecule has 0 bridgehead atoms. The van der Waals surface area contributed by atoms with Crippen LogP contribution in [-0.4, -0.2) is 36.2 Å². The van der Waals surface area contributed by atoms with E-state index in [0.29, 0.717) is 12.0 Å². The number of aliphatic hydroxyl groups excluding tert-OH is 1. The lowest BCUT2D eigenvalue weighted by Gasteiger charge is -2.30. The molecule has 124 valence electrons. The summed E-state index contributed by atoms with van der Waals surface area (Å²) in [6, 6.07) is 17.3. The second kappa shape index (κ2) is 7.32. The Hall–Kier alpha value is -2.59. The van der Waals surface area contributed by atoms with Crippen LogP contribution in [0.1, 0.15) is 23.6 Å². The van der Waals surface area contributed by atoms with Crippen LogP contribution in [0, 0.1) is 0 Å². The van der Waals surface area contributed by atoms with Crippen LogP contribution in [0.3, 0.4) is 0 Å². The molecule has 1 atom stereocenters. The summed E-state index contributed by atoms with van der Waals surface area (Å²) < 4.78 is 5.69. The number of carbonyl (C=O) groups is 1. The number of para-hydroxylation sites is 1. The van der Waals surface area contributed by atoms with E-state index < -0.39 is 0 Å². The number of likely N-dealkylation sites (N-methyl/N-ethyl adjacent to an activating group) is 1. The summed E-state index contributed by atoms with van der Waals surface area (Å²) >= 11 is 0. The van der Waals surface area contributed by atoms with E-state index in [9.17, 15) is 9.90 Å². The van der Waals surface area contributed by atoms with Gasteiger partial charge >= 0.3 is 0 Å². The molecular weight excluding hydrogens is 302 g/mol. The predicted octanol–water partition coefficient (Wildman–Crippen LogP) is 3.04. The summed E-state index contributed by atoms with van der Waals surface area (Å²) in [7, 11) is 1.77. The lowest BCUT2D eigenvalue weighted by Crippen LogP contribution is -2.34. The maximum atomic E-state index is 12.9. The van der Waals surface area contributed by atoms with Crippen LogP contribution in [0.25, 0.3) is 6.08 Å². The van der Waals surface area contributed by atoms with Crippen molar-refractivity contribution in [1.82, 2.24) is 4.90 Å². The highest BCUT2D eigenvalue weighted by Gasteiger charge is 2.25. The standard InChI is InChI=1S/C20H21NO3/c1-21(18(11-12-22)15-7-3-2-4-8-15)20(23)17-13-16-9-5-6-10-19(16)24-14-17/h2-10,13,18,22H,11-12,14H2,1H3. The molecule has 3 rings (SSSR count). The summed E-state index contributed by atoms with van der Waals surface area (Å²) in [5.74, 6) is 0.721. The highest BCUT2D eigenvalue weighted by molar-refractivity contribution is 5.99. The molecule has 0 radical (unpaired) electrons. The van der Waals surface area contributed by atoms with Gasteiger partial charge in [-0.25, -0.2) is 0 Å². The molecule has 4 heteroatoms. The van der Waals surface area contributed by atoms with Gasteiger partial charge in [0.15, 0.2) is 0 Å². The maximum Gasteiger partial charge on any atom is 0.253 e. The normalized spacial score (nSPS) is 14.2. The number of aliphatic hydroxyl groups is 1. The van der Waals surface area contributed by atoms with Gasteiger partial charge in [-0.3, -0.25) is 4.79 Å². The largest absolute Gasteiger partial charge is 0.488 e. The fourth-order valence-corrected chi connectivity index (χ4v) is 2.99. The number of hydrogen-bond acceptors (Lipinski definition) is 3. The maximum absolute atomic E-state index is 12.9. The number of ether oxygens (including phenoxy) is 1. The van der Waals surface area contributed by atoms with Crippen molar-refractivity contribution in [2.24, 2.45) is 0 Å². The number of rotatable bonds is 5. The molecular formula is C20H21NO3. The zero-order valence-corrected chi connectivity index (χ0v) is 13.7. The molecule has 1 aliphatic rings. The van der Waals surface area contributed by atoms with E-state index in [1.54, 1.807) is 11.9 Å². The Balaban J connectivity index is 1.84. The number of nitrogens with zero attached hydrogens (tertiary/aromatic N) is 1. The summed E-state index contributed by atoms with van der Waals surface area (Å²) in [4.78, 5) is 14.6. The van der Waals surface area contributed by atoms with Gasteiger partial charge in [-0.2, -0.15) is 0 Å². The van der Waals surface area contributed by atoms with Crippen LogP contribution >= 0.6 is 0 Å². The van der Waals surface area contributed by atoms with Crippen LogP contribution < -0.4 is 4.74 Å². The van der Waals surface area contributed by atoms with Gasteiger partial charge in [-0.1, -0.05) is 48.5 Å². The van der Waals surface area contributed by atoms with Crippen LogP contribution in [0.5, 0.6) is 5.75 Å². The van der Waals surface area contributed by atoms with Crippen molar-refractivity contribution in [2.45, 2.75) is 12.5 Å². The highest BCUT2D eigenvalue weighted by atomic mass is 16.5. The smallest absolute Gasteiger partial charge is 0.253 e. The first-order valence-corrected chi connectivity index (χ1v) is 8.06. The predicted molar refractivity (Wildman–Crippen MR) is 93.6 cm³/mol. The molecule has 2 aromatic rings. The Morgan fingerprint density at radius 1 is 1.17 bits per heavy atom. The minimum absolute atomic E-state index is 0.0234. The topological polar surface area (TPSA) is 49.8 Å². The average Bonchev–Trinajstić information content (AvgIpc) is 2.65. The number of carbonyl (C=O) groups excluding carboxylic acids is 1. The van der Waals surface area contributed by atoms with Gasteiger partial charge < -0.3 is 14.7 Å². The van der Waals surface area contributed by atoms with Crippen molar-refractivity contribution < 1.29 is 14.6 Å². The molecule has 1 N–H and O–H groups in total. The lowest BCUT2D eigenvalue weighted by atomic mass is 10.0. The molecule has 0 fully saturated rings. The second-order valence-electron chi connectivity index (χ2n) is 5.85. The van der Waals surface area contributed by atoms with Crippen LogP contribution in [0.15, 0.2) is 60.2 Å². The number of hydrogen-bond donors (Lipinski definition) is 1. The molecule has 24 heavy (non-hydrogen) atoms. The van der Waals surface area contributed by atoms with Crippen molar-refractivity contribution in [3.05, 3.63) is 71.3 Å². The van der Waals surface area contributed by atoms with Crippen molar-refractivity contribution in [2.75, 3.05) is 20.3 Å². The van der Waals surface area contributed by atoms with Gasteiger partial charge in [-0.05, 0) is 24.1 Å². The quantitative estimate of drug-likeness (QED) is 0.920. The Bertz CT molecular complexity index is 740. The van der Waals surface area contributed by atoms with Gasteiger partial charge in [0.25, 0.3) is 5.91 Å². The molecule has 0 saturated carbocycles. The lowest BCUT2D eigenvalue weighted by molar-refractivity contribution is -0.128. The highest BCUT2D eigenvalue weighted by Crippen LogP contribution is 2.29. The Morgan fingerprint density at radius 3 is 2.62 bits per heavy atom. The summed E-state index contributed by atoms with van der Waals surface area (Å²) in [6.07, 6.45) is 2.38. The van der Waals surface area contributed by atoms with Crippen LogP contribution in [0.4, 0.5) is 0 Å². The minimum atomic E-state index is -0.165. The van der Waals surface area contributed by atoms with Gasteiger partial charge in [0.05, 0.1) is 11.6 Å². The first-order chi connectivity index (χ1) is 11.7. The molecule has 1 amide bonds. The van der Waals surface area contributed by atoms with E-state index in [-0.39, 0.29) is 25.2 Å².